The molecule has 1 N–H and O–H groups in total. The molecule has 0 aliphatic heterocycles. The van der Waals surface area contributed by atoms with Gasteiger partial charge in [-0.25, -0.2) is 14.5 Å². The minimum absolute atomic E-state index is 0.0208. The molecule has 3 aromatic heterocycles. The summed E-state index contributed by atoms with van der Waals surface area (Å²) in [7, 11) is 0. The molecule has 154 valence electrons. The van der Waals surface area contributed by atoms with Gasteiger partial charge in [0.1, 0.15) is 0 Å². The lowest BCUT2D eigenvalue weighted by Gasteiger charge is -2.11. The van der Waals surface area contributed by atoms with Gasteiger partial charge >= 0.3 is 0 Å². The minimum atomic E-state index is -0.0208. The highest BCUT2D eigenvalue weighted by atomic mass is 35.5. The third-order valence-electron chi connectivity index (χ3n) is 5.45. The highest BCUT2D eigenvalue weighted by Gasteiger charge is 2.17. The number of nitrogens with one attached hydrogen (secondary N) is 1. The molecule has 0 atom stereocenters. The summed E-state index contributed by atoms with van der Waals surface area (Å²) in [4.78, 5) is 21.8. The second-order valence-electron chi connectivity index (χ2n) is 7.64. The molecule has 0 saturated carbocycles. The van der Waals surface area contributed by atoms with Gasteiger partial charge in [0.15, 0.2) is 11.3 Å². The third-order valence-corrected chi connectivity index (χ3v) is 5.81. The molecule has 30 heavy (non-hydrogen) atoms. The molecule has 6 nitrogen and oxygen atoms in total. The van der Waals surface area contributed by atoms with Crippen molar-refractivity contribution in [2.75, 3.05) is 0 Å². The number of rotatable bonds is 5. The maximum Gasteiger partial charge on any atom is 0.220 e. The summed E-state index contributed by atoms with van der Waals surface area (Å²) in [5.74, 6) is -0.0208. The molecule has 0 aliphatic rings. The van der Waals surface area contributed by atoms with Gasteiger partial charge in [0.25, 0.3) is 0 Å². The Morgan fingerprint density at radius 2 is 1.90 bits per heavy atom. The second-order valence-corrected chi connectivity index (χ2v) is 8.05. The van der Waals surface area contributed by atoms with Crippen LogP contribution in [-0.2, 0) is 17.8 Å². The lowest BCUT2D eigenvalue weighted by Crippen LogP contribution is -2.23. The SMILES string of the molecule is Cc1cc(C)c2c(n1)nn1c(C)c(CCC(=O)NCc3ccccc3Cl)c(C)nc21. The fourth-order valence-electron chi connectivity index (χ4n) is 3.89. The van der Waals surface area contributed by atoms with Crippen molar-refractivity contribution < 1.29 is 4.79 Å². The van der Waals surface area contributed by atoms with E-state index in [4.69, 9.17) is 16.6 Å². The number of fused-ring (bicyclic) bond motifs is 3. The zero-order chi connectivity index (χ0) is 21.4. The fraction of sp³-hybridized carbons (Fsp3) is 0.304. The standard InChI is InChI=1S/C23H24ClN5O/c1-13-11-14(2)26-22-21(13)23-27-15(3)18(16(4)29(23)28-22)9-10-20(30)25-12-17-7-5-6-8-19(17)24/h5-8,11H,9-10,12H2,1-4H3,(H,25,30). The van der Waals surface area contributed by atoms with Crippen molar-refractivity contribution in [3.63, 3.8) is 0 Å². The molecule has 7 heteroatoms. The first-order valence-electron chi connectivity index (χ1n) is 9.98. The van der Waals surface area contributed by atoms with Gasteiger partial charge in [-0.2, -0.15) is 0 Å². The maximum atomic E-state index is 12.4. The third kappa shape index (κ3) is 3.75. The smallest absolute Gasteiger partial charge is 0.220 e. The summed E-state index contributed by atoms with van der Waals surface area (Å²) in [5, 5.41) is 9.26. The van der Waals surface area contributed by atoms with Crippen molar-refractivity contribution in [2.45, 2.75) is 47.1 Å². The molecule has 0 spiro atoms. The molecule has 4 aromatic rings. The Kier molecular flexibility index (Phi) is 5.43. The predicted molar refractivity (Wildman–Crippen MR) is 119 cm³/mol. The summed E-state index contributed by atoms with van der Waals surface area (Å²) in [6.07, 6.45) is 0.965. The quantitative estimate of drug-likeness (QED) is 0.518. The van der Waals surface area contributed by atoms with Crippen LogP contribution in [0.4, 0.5) is 0 Å². The number of hydrogen-bond acceptors (Lipinski definition) is 4. The van der Waals surface area contributed by atoms with Gasteiger partial charge in [0.2, 0.25) is 5.91 Å². The molecule has 0 saturated heterocycles. The van der Waals surface area contributed by atoms with E-state index in [1.807, 2.05) is 55.6 Å². The number of hydrogen-bond donors (Lipinski definition) is 1. The van der Waals surface area contributed by atoms with E-state index in [9.17, 15) is 4.79 Å². The number of aromatic nitrogens is 4. The van der Waals surface area contributed by atoms with Gasteiger partial charge < -0.3 is 5.32 Å². The zero-order valence-electron chi connectivity index (χ0n) is 17.6. The van der Waals surface area contributed by atoms with Crippen molar-refractivity contribution in [3.8, 4) is 0 Å². The zero-order valence-corrected chi connectivity index (χ0v) is 18.3. The van der Waals surface area contributed by atoms with E-state index in [-0.39, 0.29) is 5.91 Å². The number of carbonyl (C=O) groups is 1. The van der Waals surface area contributed by atoms with E-state index < -0.39 is 0 Å². The first-order chi connectivity index (χ1) is 14.3. The van der Waals surface area contributed by atoms with Crippen LogP contribution in [0.15, 0.2) is 30.3 Å². The van der Waals surface area contributed by atoms with Gasteiger partial charge in [-0.1, -0.05) is 29.8 Å². The second kappa shape index (κ2) is 8.03. The summed E-state index contributed by atoms with van der Waals surface area (Å²) in [5.41, 5.74) is 7.43. The number of pyridine rings is 1. The number of benzene rings is 1. The van der Waals surface area contributed by atoms with E-state index in [1.165, 1.54) is 0 Å². The van der Waals surface area contributed by atoms with E-state index in [1.54, 1.807) is 0 Å². The molecular formula is C23H24ClN5O. The molecule has 1 aromatic carbocycles. The average Bonchev–Trinajstić information content (AvgIpc) is 3.05. The molecule has 0 radical (unpaired) electrons. The van der Waals surface area contributed by atoms with Crippen LogP contribution in [0.25, 0.3) is 16.7 Å². The highest BCUT2D eigenvalue weighted by molar-refractivity contribution is 6.31. The Morgan fingerprint density at radius 1 is 1.13 bits per heavy atom. The number of aryl methyl sites for hydroxylation is 4. The van der Waals surface area contributed by atoms with Crippen LogP contribution < -0.4 is 5.32 Å². The average molecular weight is 422 g/mol. The van der Waals surface area contributed by atoms with Crippen molar-refractivity contribution in [1.82, 2.24) is 24.9 Å². The summed E-state index contributed by atoms with van der Waals surface area (Å²) < 4.78 is 1.86. The van der Waals surface area contributed by atoms with Crippen molar-refractivity contribution >= 4 is 34.2 Å². The van der Waals surface area contributed by atoms with E-state index in [2.05, 4.69) is 22.3 Å². The molecule has 0 bridgehead atoms. The van der Waals surface area contributed by atoms with E-state index in [0.29, 0.717) is 30.1 Å². The van der Waals surface area contributed by atoms with Gasteiger partial charge in [-0.05, 0) is 62.9 Å². The van der Waals surface area contributed by atoms with Crippen LogP contribution in [0.5, 0.6) is 0 Å². The van der Waals surface area contributed by atoms with Crippen LogP contribution in [-0.4, -0.2) is 25.5 Å². The van der Waals surface area contributed by atoms with Crippen LogP contribution in [0.1, 0.15) is 40.2 Å². The van der Waals surface area contributed by atoms with Crippen LogP contribution in [0.2, 0.25) is 5.02 Å². The van der Waals surface area contributed by atoms with Gasteiger partial charge in [0.05, 0.1) is 5.39 Å². The Bertz CT molecular complexity index is 1280. The first-order valence-corrected chi connectivity index (χ1v) is 10.4. The largest absolute Gasteiger partial charge is 0.352 e. The van der Waals surface area contributed by atoms with E-state index >= 15 is 0 Å². The monoisotopic (exact) mass is 421 g/mol. The lowest BCUT2D eigenvalue weighted by molar-refractivity contribution is -0.121. The fourth-order valence-corrected chi connectivity index (χ4v) is 4.09. The highest BCUT2D eigenvalue weighted by Crippen LogP contribution is 2.25. The number of amides is 1. The Balaban J connectivity index is 1.55. The minimum Gasteiger partial charge on any atom is -0.352 e. The van der Waals surface area contributed by atoms with Crippen LogP contribution in [0.3, 0.4) is 0 Å². The van der Waals surface area contributed by atoms with Gasteiger partial charge in [0, 0.05) is 35.1 Å². The van der Waals surface area contributed by atoms with Crippen molar-refractivity contribution in [3.05, 3.63) is 69.1 Å². The molecule has 3 heterocycles. The Morgan fingerprint density at radius 3 is 2.67 bits per heavy atom. The number of carbonyl (C=O) groups excluding carboxylic acids is 1. The number of nitrogens with zero attached hydrogens (tertiary/aromatic N) is 4. The summed E-state index contributed by atoms with van der Waals surface area (Å²) >= 11 is 6.16. The normalized spacial score (nSPS) is 11.4. The van der Waals surface area contributed by atoms with Crippen LogP contribution >= 0.6 is 11.6 Å². The molecule has 0 aliphatic carbocycles. The van der Waals surface area contributed by atoms with Crippen molar-refractivity contribution in [1.29, 1.82) is 0 Å². The molecule has 4 rings (SSSR count). The van der Waals surface area contributed by atoms with Crippen LogP contribution in [0, 0.1) is 27.7 Å². The molecular weight excluding hydrogens is 398 g/mol. The van der Waals surface area contributed by atoms with E-state index in [0.717, 1.165) is 44.8 Å². The van der Waals surface area contributed by atoms with Crippen molar-refractivity contribution in [2.24, 2.45) is 0 Å². The number of halogens is 1. The van der Waals surface area contributed by atoms with Gasteiger partial charge in [-0.15, -0.1) is 5.10 Å². The summed E-state index contributed by atoms with van der Waals surface area (Å²) in [6.45, 7) is 8.45. The molecule has 1 amide bonds. The molecule has 0 fully saturated rings. The van der Waals surface area contributed by atoms with Gasteiger partial charge in [-0.3, -0.25) is 4.79 Å². The lowest BCUT2D eigenvalue weighted by atomic mass is 10.1. The predicted octanol–water partition coefficient (Wildman–Crippen LogP) is 4.41. The molecule has 0 unspecified atom stereocenters. The Labute approximate surface area is 180 Å². The first kappa shape index (κ1) is 20.3. The topological polar surface area (TPSA) is 72.2 Å². The maximum absolute atomic E-state index is 12.4. The summed E-state index contributed by atoms with van der Waals surface area (Å²) in [6, 6.07) is 9.57. The Hall–Kier alpha value is -2.99.